The molecule has 0 bridgehead atoms. The Labute approximate surface area is 152 Å². The van der Waals surface area contributed by atoms with Crippen molar-refractivity contribution < 1.29 is 4.74 Å². The maximum atomic E-state index is 5.51. The van der Waals surface area contributed by atoms with E-state index in [0.717, 1.165) is 35.9 Å². The summed E-state index contributed by atoms with van der Waals surface area (Å²) >= 11 is 14.4. The number of hydrogen-bond donors (Lipinski definition) is 0. The topological polar surface area (TPSA) is 9.23 Å². The molecule has 0 saturated heterocycles. The molecule has 0 aliphatic carbocycles. The van der Waals surface area contributed by atoms with E-state index >= 15 is 0 Å². The number of methoxy groups -OCH3 is 1. The van der Waals surface area contributed by atoms with E-state index < -0.39 is 0 Å². The second kappa shape index (κ2) is 6.95. The molecular weight excluding hydrogens is 516 g/mol. The van der Waals surface area contributed by atoms with Crippen LogP contribution in [-0.4, -0.2) is 7.11 Å². The molecule has 0 spiro atoms. The molecule has 20 heavy (non-hydrogen) atoms. The Morgan fingerprint density at radius 3 is 2.25 bits per heavy atom. The van der Waals surface area contributed by atoms with Gasteiger partial charge in [0.05, 0.1) is 11.9 Å². The van der Waals surface area contributed by atoms with Crippen molar-refractivity contribution in [3.05, 3.63) is 60.4 Å². The van der Waals surface area contributed by atoms with Crippen molar-refractivity contribution in [3.63, 3.8) is 0 Å². The highest BCUT2D eigenvalue weighted by atomic mass is 79.9. The lowest BCUT2D eigenvalue weighted by Crippen LogP contribution is -1.99. The van der Waals surface area contributed by atoms with Crippen LogP contribution < -0.4 is 4.74 Å². The van der Waals surface area contributed by atoms with E-state index in [1.54, 1.807) is 7.11 Å². The van der Waals surface area contributed by atoms with Gasteiger partial charge in [-0.05, 0) is 42.3 Å². The highest BCUT2D eigenvalue weighted by Crippen LogP contribution is 2.42. The van der Waals surface area contributed by atoms with Crippen LogP contribution in [0.25, 0.3) is 0 Å². The van der Waals surface area contributed by atoms with Crippen LogP contribution in [0, 0.1) is 6.92 Å². The fraction of sp³-hybridized carbons (Fsp3) is 0.200. The molecule has 2 aromatic rings. The molecule has 0 fully saturated rings. The van der Waals surface area contributed by atoms with Crippen LogP contribution in [0.3, 0.4) is 0 Å². The van der Waals surface area contributed by atoms with Crippen molar-refractivity contribution in [2.24, 2.45) is 0 Å². The van der Waals surface area contributed by atoms with Crippen molar-refractivity contribution in [3.8, 4) is 5.75 Å². The quantitative estimate of drug-likeness (QED) is 0.400. The van der Waals surface area contributed by atoms with E-state index in [1.807, 2.05) is 18.2 Å². The molecule has 0 heterocycles. The molecule has 0 amide bonds. The van der Waals surface area contributed by atoms with E-state index in [4.69, 9.17) is 4.74 Å². The molecule has 0 radical (unpaired) electrons. The van der Waals surface area contributed by atoms with Gasteiger partial charge in [0.25, 0.3) is 0 Å². The molecule has 0 N–H and O–H groups in total. The van der Waals surface area contributed by atoms with Gasteiger partial charge in [-0.3, -0.25) is 0 Å². The number of aryl methyl sites for hydroxylation is 1. The van der Waals surface area contributed by atoms with Gasteiger partial charge in [0.2, 0.25) is 0 Å². The Bertz CT molecular complexity index is 640. The third-order valence-electron chi connectivity index (χ3n) is 3.02. The predicted octanol–water partition coefficient (Wildman–Crippen LogP) is 6.78. The maximum Gasteiger partial charge on any atom is 0.123 e. The first-order valence-electron chi connectivity index (χ1n) is 5.87. The highest BCUT2D eigenvalue weighted by molar-refractivity contribution is 9.11. The predicted molar refractivity (Wildman–Crippen MR) is 98.0 cm³/mol. The van der Waals surface area contributed by atoms with Gasteiger partial charge >= 0.3 is 0 Å². The minimum atomic E-state index is 0.0526. The van der Waals surface area contributed by atoms with Gasteiger partial charge in [-0.1, -0.05) is 69.8 Å². The monoisotopic (exact) mass is 524 g/mol. The van der Waals surface area contributed by atoms with Crippen LogP contribution in [0.5, 0.6) is 5.75 Å². The second-order valence-corrected chi connectivity index (χ2v) is 7.91. The lowest BCUT2D eigenvalue weighted by molar-refractivity contribution is 0.410. The third-order valence-corrected chi connectivity index (χ3v) is 6.04. The van der Waals surface area contributed by atoms with Crippen LogP contribution in [0.4, 0.5) is 0 Å². The molecular formula is C15H12Br4O. The highest BCUT2D eigenvalue weighted by Gasteiger charge is 2.19. The number of hydrogen-bond acceptors (Lipinski definition) is 1. The van der Waals surface area contributed by atoms with Crippen LogP contribution in [0.2, 0.25) is 0 Å². The molecule has 106 valence electrons. The molecule has 2 aromatic carbocycles. The normalized spacial score (nSPS) is 12.3. The summed E-state index contributed by atoms with van der Waals surface area (Å²) in [5.41, 5.74) is 3.40. The first-order valence-corrected chi connectivity index (χ1v) is 9.16. The molecule has 2 rings (SSSR count). The fourth-order valence-corrected chi connectivity index (χ4v) is 4.62. The Kier molecular flexibility index (Phi) is 5.74. The SMILES string of the molecule is COc1cc(C)c(Br)cc1C(Br)c1ccc(Br)cc1Br. The molecule has 1 atom stereocenters. The van der Waals surface area contributed by atoms with Gasteiger partial charge < -0.3 is 4.74 Å². The van der Waals surface area contributed by atoms with E-state index in [2.05, 4.69) is 82.8 Å². The maximum absolute atomic E-state index is 5.51. The third kappa shape index (κ3) is 3.49. The Hall–Kier alpha value is 0.160. The summed E-state index contributed by atoms with van der Waals surface area (Å²) in [7, 11) is 1.70. The summed E-state index contributed by atoms with van der Waals surface area (Å²) in [5.74, 6) is 0.877. The molecule has 0 aromatic heterocycles. The van der Waals surface area contributed by atoms with Crippen molar-refractivity contribution in [2.75, 3.05) is 7.11 Å². The molecule has 5 heteroatoms. The number of ether oxygens (including phenoxy) is 1. The van der Waals surface area contributed by atoms with Gasteiger partial charge in [0.15, 0.2) is 0 Å². The number of benzene rings is 2. The van der Waals surface area contributed by atoms with E-state index in [0.29, 0.717) is 0 Å². The molecule has 0 aliphatic heterocycles. The van der Waals surface area contributed by atoms with Crippen LogP contribution >= 0.6 is 63.7 Å². The Morgan fingerprint density at radius 2 is 1.65 bits per heavy atom. The smallest absolute Gasteiger partial charge is 0.123 e. The molecule has 0 aliphatic rings. The van der Waals surface area contributed by atoms with Crippen molar-refractivity contribution in [1.82, 2.24) is 0 Å². The second-order valence-electron chi connectivity index (χ2n) is 4.37. The lowest BCUT2D eigenvalue weighted by Gasteiger charge is -2.17. The zero-order chi connectivity index (χ0) is 14.9. The van der Waals surface area contributed by atoms with Crippen LogP contribution in [0.1, 0.15) is 21.5 Å². The Morgan fingerprint density at radius 1 is 0.950 bits per heavy atom. The minimum absolute atomic E-state index is 0.0526. The van der Waals surface area contributed by atoms with Crippen LogP contribution in [-0.2, 0) is 0 Å². The summed E-state index contributed by atoms with van der Waals surface area (Å²) in [6.45, 7) is 2.05. The summed E-state index contributed by atoms with van der Waals surface area (Å²) in [6.07, 6.45) is 0. The number of rotatable bonds is 3. The van der Waals surface area contributed by atoms with Crippen LogP contribution in [0.15, 0.2) is 43.7 Å². The molecule has 1 unspecified atom stereocenters. The summed E-state index contributed by atoms with van der Waals surface area (Å²) in [5, 5.41) is 0. The first-order chi connectivity index (χ1) is 9.43. The van der Waals surface area contributed by atoms with Gasteiger partial charge in [0, 0.05) is 19.0 Å². The van der Waals surface area contributed by atoms with Crippen molar-refractivity contribution in [2.45, 2.75) is 11.8 Å². The lowest BCUT2D eigenvalue weighted by atomic mass is 10.0. The number of halogens is 4. The van der Waals surface area contributed by atoms with E-state index in [-0.39, 0.29) is 4.83 Å². The number of alkyl halides is 1. The van der Waals surface area contributed by atoms with Gasteiger partial charge in [-0.2, -0.15) is 0 Å². The zero-order valence-corrected chi connectivity index (χ0v) is 17.2. The summed E-state index contributed by atoms with van der Waals surface area (Å²) in [4.78, 5) is 0.0526. The zero-order valence-electron chi connectivity index (χ0n) is 10.9. The summed E-state index contributed by atoms with van der Waals surface area (Å²) in [6, 6.07) is 10.3. The van der Waals surface area contributed by atoms with Crippen molar-refractivity contribution in [1.29, 1.82) is 0 Å². The van der Waals surface area contributed by atoms with Gasteiger partial charge in [-0.25, -0.2) is 0 Å². The molecule has 0 saturated carbocycles. The largest absolute Gasteiger partial charge is 0.496 e. The van der Waals surface area contributed by atoms with Gasteiger partial charge in [-0.15, -0.1) is 0 Å². The Balaban J connectivity index is 2.52. The summed E-state index contributed by atoms with van der Waals surface area (Å²) < 4.78 is 8.68. The van der Waals surface area contributed by atoms with E-state index in [1.165, 1.54) is 0 Å². The van der Waals surface area contributed by atoms with Crippen molar-refractivity contribution >= 4 is 63.7 Å². The molecule has 1 nitrogen and oxygen atoms in total. The van der Waals surface area contributed by atoms with E-state index in [9.17, 15) is 0 Å². The standard InChI is InChI=1S/C15H12Br4O/c1-8-5-14(20-2)11(7-12(8)17)15(19)10-4-3-9(16)6-13(10)18/h3-7,15H,1-2H3. The fourth-order valence-electron chi connectivity index (χ4n) is 1.92. The first kappa shape index (κ1) is 16.5. The minimum Gasteiger partial charge on any atom is -0.496 e. The average molecular weight is 528 g/mol. The van der Waals surface area contributed by atoms with Gasteiger partial charge in [0.1, 0.15) is 5.75 Å². The average Bonchev–Trinajstić information content (AvgIpc) is 2.40.